The summed E-state index contributed by atoms with van der Waals surface area (Å²) >= 11 is 0. The highest BCUT2D eigenvalue weighted by molar-refractivity contribution is 5.97. The van der Waals surface area contributed by atoms with Crippen molar-refractivity contribution in [2.45, 2.75) is 151 Å². The zero-order valence-electron chi connectivity index (χ0n) is 41.1. The first-order chi connectivity index (χ1) is 29.6. The number of primary amides is 1. The Balaban J connectivity index is 3.65. The molecule has 0 bridgehead atoms. The topological polar surface area (TPSA) is 236 Å². The molecule has 17 heteroatoms. The maximum atomic E-state index is 14.7. The van der Waals surface area contributed by atoms with Crippen molar-refractivity contribution in [3.63, 3.8) is 0 Å². The first-order valence-corrected chi connectivity index (χ1v) is 22.5. The van der Waals surface area contributed by atoms with Gasteiger partial charge in [0.05, 0.1) is 24.4 Å². The average molecular weight is 901 g/mol. The monoisotopic (exact) mass is 901 g/mol. The van der Waals surface area contributed by atoms with E-state index in [0.717, 1.165) is 15.5 Å². The molecule has 0 spiro atoms. The Labute approximate surface area is 381 Å². The smallest absolute Gasteiger partial charge is 0.248 e. The summed E-state index contributed by atoms with van der Waals surface area (Å²) < 4.78 is 0. The van der Waals surface area contributed by atoms with Crippen molar-refractivity contribution in [3.05, 3.63) is 35.7 Å². The van der Waals surface area contributed by atoms with Gasteiger partial charge in [-0.2, -0.15) is 0 Å². The molecule has 1 rings (SSSR count). The van der Waals surface area contributed by atoms with Gasteiger partial charge in [0.15, 0.2) is 0 Å². The minimum absolute atomic E-state index is 0.0173. The van der Waals surface area contributed by atoms with Crippen LogP contribution in [-0.2, 0) is 33.6 Å². The van der Waals surface area contributed by atoms with E-state index in [2.05, 4.69) is 15.6 Å². The molecule has 8 atom stereocenters. The van der Waals surface area contributed by atoms with Gasteiger partial charge in [0.2, 0.25) is 41.4 Å². The summed E-state index contributed by atoms with van der Waals surface area (Å²) in [4.78, 5) is 105. The zero-order valence-corrected chi connectivity index (χ0v) is 41.1. The van der Waals surface area contributed by atoms with E-state index in [4.69, 9.17) is 5.73 Å². The number of rotatable bonds is 26. The maximum Gasteiger partial charge on any atom is 0.248 e. The first kappa shape index (κ1) is 57.1. The number of hydrogen-bond donors (Lipinski definition) is 5. The second kappa shape index (κ2) is 26.8. The maximum absolute atomic E-state index is 14.7. The SMILES string of the molecule is Cc1cccc(/C=C/C[C@@H](C)[C@@H](O)[C@@H](C(=O)N[C@H](C(=O)N(C)CC(=O)N(C)[C@@H](CC(C)C)C(N)=O)[C@@H](C)O)N(C)C(=O)[C@H](C(C)C)N(C)C(=O)[C@H](CC(C)C)NC(=O)CCC(C)C)n1. The molecule has 0 saturated carbocycles. The highest BCUT2D eigenvalue weighted by atomic mass is 16.3. The molecule has 0 aromatic carbocycles. The number of amides is 7. The number of nitrogens with two attached hydrogens (primary N) is 1. The highest BCUT2D eigenvalue weighted by Gasteiger charge is 2.43. The third kappa shape index (κ3) is 17.9. The van der Waals surface area contributed by atoms with Crippen LogP contribution in [0.2, 0.25) is 0 Å². The van der Waals surface area contributed by atoms with Crippen LogP contribution >= 0.6 is 0 Å². The molecule has 0 unspecified atom stereocenters. The second-order valence-electron chi connectivity index (χ2n) is 19.0. The standard InChI is InChI=1S/C47H80N8O9/c1-27(2)22-23-37(57)50-35(24-28(3)4)45(62)54(14)40(30(7)8)47(64)55(15)41(42(59)31(9)18-16-20-34-21-17-19-32(10)49-34)44(61)51-39(33(11)56)46(63)52(12)26-38(58)53(13)36(43(48)60)25-29(5)6/h16-17,19-21,27-31,33,35-36,39-42,56,59H,18,22-26H2,1-15H3,(H2,48,60)(H,50,57)(H,51,61)/b20-16+/t31-,33-,35+,36+,39+,40+,41+,42-/m1/s1. The molecule has 6 N–H and O–H groups in total. The summed E-state index contributed by atoms with van der Waals surface area (Å²) in [5, 5.41) is 28.3. The molecular formula is C47H80N8O9. The molecule has 1 aromatic heterocycles. The zero-order chi connectivity index (χ0) is 49.3. The lowest BCUT2D eigenvalue weighted by Crippen LogP contribution is -2.64. The number of allylic oxidation sites excluding steroid dienone is 1. The summed E-state index contributed by atoms with van der Waals surface area (Å²) in [6, 6.07) is -0.777. The number of aliphatic hydroxyl groups is 2. The van der Waals surface area contributed by atoms with E-state index in [0.29, 0.717) is 25.0 Å². The van der Waals surface area contributed by atoms with Crippen LogP contribution in [0.25, 0.3) is 6.08 Å². The largest absolute Gasteiger partial charge is 0.391 e. The summed E-state index contributed by atoms with van der Waals surface area (Å²) in [5.41, 5.74) is 7.07. The first-order valence-electron chi connectivity index (χ1n) is 22.5. The summed E-state index contributed by atoms with van der Waals surface area (Å²) in [6.07, 6.45) is 2.22. The van der Waals surface area contributed by atoms with Gasteiger partial charge in [-0.25, -0.2) is 0 Å². The lowest BCUT2D eigenvalue weighted by Gasteiger charge is -2.40. The fourth-order valence-corrected chi connectivity index (χ4v) is 7.42. The van der Waals surface area contributed by atoms with Crippen LogP contribution < -0.4 is 16.4 Å². The third-order valence-corrected chi connectivity index (χ3v) is 11.3. The minimum Gasteiger partial charge on any atom is -0.391 e. The number of likely N-dealkylation sites (N-methyl/N-ethyl adjacent to an activating group) is 4. The van der Waals surface area contributed by atoms with Gasteiger partial charge in [0.25, 0.3) is 0 Å². The van der Waals surface area contributed by atoms with Gasteiger partial charge in [-0.05, 0) is 87.3 Å². The normalized spacial score (nSPS) is 15.5. The predicted molar refractivity (Wildman–Crippen MR) is 248 cm³/mol. The van der Waals surface area contributed by atoms with Crippen LogP contribution in [-0.4, -0.2) is 153 Å². The van der Waals surface area contributed by atoms with Crippen LogP contribution in [0.15, 0.2) is 24.3 Å². The van der Waals surface area contributed by atoms with Crippen molar-refractivity contribution in [3.8, 4) is 0 Å². The van der Waals surface area contributed by atoms with Crippen molar-refractivity contribution >= 4 is 47.4 Å². The predicted octanol–water partition coefficient (Wildman–Crippen LogP) is 2.75. The number of aromatic nitrogens is 1. The van der Waals surface area contributed by atoms with E-state index in [1.807, 2.05) is 66.7 Å². The van der Waals surface area contributed by atoms with Crippen LogP contribution in [0, 0.1) is 36.5 Å². The lowest BCUT2D eigenvalue weighted by atomic mass is 9.91. The Morgan fingerprint density at radius 2 is 1.33 bits per heavy atom. The number of carbonyl (C=O) groups is 7. The number of aryl methyl sites for hydroxylation is 1. The van der Waals surface area contributed by atoms with Crippen molar-refractivity contribution in [2.75, 3.05) is 34.7 Å². The van der Waals surface area contributed by atoms with Crippen LogP contribution in [0.5, 0.6) is 0 Å². The Kier molecular flexibility index (Phi) is 23.9. The van der Waals surface area contributed by atoms with E-state index in [9.17, 15) is 43.8 Å². The van der Waals surface area contributed by atoms with Gasteiger partial charge in [0, 0.05) is 40.3 Å². The molecule has 0 saturated heterocycles. The third-order valence-electron chi connectivity index (χ3n) is 11.3. The van der Waals surface area contributed by atoms with Crippen LogP contribution in [0.3, 0.4) is 0 Å². The van der Waals surface area contributed by atoms with E-state index in [-0.39, 0.29) is 36.5 Å². The minimum atomic E-state index is -1.65. The Hall–Kier alpha value is -4.90. The Morgan fingerprint density at radius 1 is 0.750 bits per heavy atom. The molecule has 64 heavy (non-hydrogen) atoms. The number of carbonyl (C=O) groups excluding carboxylic acids is 7. The summed E-state index contributed by atoms with van der Waals surface area (Å²) in [5.74, 6) is -5.46. The summed E-state index contributed by atoms with van der Waals surface area (Å²) in [7, 11) is 5.50. The molecule has 7 amide bonds. The van der Waals surface area contributed by atoms with Gasteiger partial charge in [-0.1, -0.05) is 74.5 Å². The molecule has 0 radical (unpaired) electrons. The number of aliphatic hydroxyl groups excluding tert-OH is 2. The summed E-state index contributed by atoms with van der Waals surface area (Å²) in [6.45, 7) is 19.4. The number of hydrogen-bond acceptors (Lipinski definition) is 10. The molecule has 0 aliphatic rings. The molecular weight excluding hydrogens is 821 g/mol. The van der Waals surface area contributed by atoms with E-state index < -0.39 is 96.2 Å². The molecule has 17 nitrogen and oxygen atoms in total. The van der Waals surface area contributed by atoms with Crippen molar-refractivity contribution in [2.24, 2.45) is 35.3 Å². The van der Waals surface area contributed by atoms with Crippen molar-refractivity contribution in [1.29, 1.82) is 0 Å². The molecule has 1 aromatic rings. The second-order valence-corrected chi connectivity index (χ2v) is 19.0. The Bertz CT molecular complexity index is 1750. The van der Waals surface area contributed by atoms with E-state index in [1.54, 1.807) is 32.9 Å². The van der Waals surface area contributed by atoms with Gasteiger partial charge in [0.1, 0.15) is 30.2 Å². The van der Waals surface area contributed by atoms with Gasteiger partial charge < -0.3 is 46.2 Å². The van der Waals surface area contributed by atoms with Crippen LogP contribution in [0.4, 0.5) is 0 Å². The molecule has 362 valence electrons. The van der Waals surface area contributed by atoms with Gasteiger partial charge >= 0.3 is 0 Å². The van der Waals surface area contributed by atoms with E-state index in [1.165, 1.54) is 44.9 Å². The fourth-order valence-electron chi connectivity index (χ4n) is 7.42. The van der Waals surface area contributed by atoms with Crippen LogP contribution in [0.1, 0.15) is 113 Å². The van der Waals surface area contributed by atoms with E-state index >= 15 is 0 Å². The lowest BCUT2D eigenvalue weighted by molar-refractivity contribution is -0.154. The van der Waals surface area contributed by atoms with Crippen molar-refractivity contribution < 1.29 is 43.8 Å². The van der Waals surface area contributed by atoms with Gasteiger partial charge in [-0.3, -0.25) is 38.5 Å². The molecule has 0 aliphatic heterocycles. The number of pyridine rings is 1. The fraction of sp³-hybridized carbons (Fsp3) is 0.702. The number of nitrogens with one attached hydrogen (secondary N) is 2. The highest BCUT2D eigenvalue weighted by Crippen LogP contribution is 2.23. The van der Waals surface area contributed by atoms with Gasteiger partial charge in [-0.15, -0.1) is 0 Å². The molecule has 0 fully saturated rings. The average Bonchev–Trinajstić information content (AvgIpc) is 3.19. The molecule has 1 heterocycles. The molecule has 0 aliphatic carbocycles. The Morgan fingerprint density at radius 3 is 1.83 bits per heavy atom. The van der Waals surface area contributed by atoms with Crippen molar-refractivity contribution in [1.82, 2.24) is 35.2 Å². The number of nitrogens with zero attached hydrogens (tertiary/aromatic N) is 5. The quantitative estimate of drug-likeness (QED) is 0.0912.